The molecule has 0 aliphatic heterocycles. The topological polar surface area (TPSA) is 101 Å². The number of urea groups is 1. The first-order valence-corrected chi connectivity index (χ1v) is 7.71. The standard InChI is InChI=1S/C12H19N3O3S/c1-2-3-7-14-12(16)15-19(17,18)9-10-5-4-6-11(13)8-10/h4-6,8H,2-3,7,9,13H2,1H3,(H2,14,15,16). The average molecular weight is 285 g/mol. The minimum atomic E-state index is -3.71. The molecule has 0 fully saturated rings. The highest BCUT2D eigenvalue weighted by atomic mass is 32.2. The Hall–Kier alpha value is -1.76. The van der Waals surface area contributed by atoms with Crippen molar-refractivity contribution >= 4 is 21.7 Å². The number of carbonyl (C=O) groups is 1. The molecule has 19 heavy (non-hydrogen) atoms. The Kier molecular flexibility index (Phi) is 5.62. The molecule has 1 aromatic carbocycles. The zero-order valence-corrected chi connectivity index (χ0v) is 11.7. The van der Waals surface area contributed by atoms with Crippen molar-refractivity contribution in [1.29, 1.82) is 0 Å². The van der Waals surface area contributed by atoms with E-state index in [1.807, 2.05) is 11.6 Å². The number of rotatable bonds is 6. The van der Waals surface area contributed by atoms with Gasteiger partial charge in [0.2, 0.25) is 10.0 Å². The molecule has 6 nitrogen and oxygen atoms in total. The molecular weight excluding hydrogens is 266 g/mol. The van der Waals surface area contributed by atoms with Crippen LogP contribution >= 0.6 is 0 Å². The molecule has 0 saturated carbocycles. The molecule has 0 atom stereocenters. The summed E-state index contributed by atoms with van der Waals surface area (Å²) in [5.74, 6) is -0.279. The second-order valence-electron chi connectivity index (χ2n) is 4.22. The number of nitrogen functional groups attached to an aromatic ring is 1. The number of hydrogen-bond donors (Lipinski definition) is 3. The second kappa shape index (κ2) is 6.98. The Balaban J connectivity index is 2.54. The molecule has 0 aliphatic rings. The van der Waals surface area contributed by atoms with Gasteiger partial charge in [0.05, 0.1) is 5.75 Å². The van der Waals surface area contributed by atoms with Gasteiger partial charge in [-0.25, -0.2) is 17.9 Å². The van der Waals surface area contributed by atoms with Gasteiger partial charge in [0.1, 0.15) is 0 Å². The molecule has 0 saturated heterocycles. The summed E-state index contributed by atoms with van der Waals surface area (Å²) < 4.78 is 25.4. The third-order valence-corrected chi connectivity index (χ3v) is 3.58. The summed E-state index contributed by atoms with van der Waals surface area (Å²) >= 11 is 0. The van der Waals surface area contributed by atoms with E-state index in [0.29, 0.717) is 17.8 Å². The van der Waals surface area contributed by atoms with Crippen molar-refractivity contribution < 1.29 is 13.2 Å². The molecule has 4 N–H and O–H groups in total. The summed E-state index contributed by atoms with van der Waals surface area (Å²) in [6.07, 6.45) is 1.74. The maximum absolute atomic E-state index is 11.7. The average Bonchev–Trinajstić information content (AvgIpc) is 2.27. The van der Waals surface area contributed by atoms with Gasteiger partial charge in [0.15, 0.2) is 0 Å². The number of carbonyl (C=O) groups excluding carboxylic acids is 1. The fourth-order valence-corrected chi connectivity index (χ4v) is 2.54. The van der Waals surface area contributed by atoms with Crippen LogP contribution in [0.1, 0.15) is 25.3 Å². The molecule has 1 aromatic rings. The lowest BCUT2D eigenvalue weighted by Gasteiger charge is -2.08. The predicted octanol–water partition coefficient (Wildman–Crippen LogP) is 1.20. The fourth-order valence-electron chi connectivity index (χ4n) is 1.49. The van der Waals surface area contributed by atoms with Crippen molar-refractivity contribution in [3.05, 3.63) is 29.8 Å². The monoisotopic (exact) mass is 285 g/mol. The van der Waals surface area contributed by atoms with E-state index in [9.17, 15) is 13.2 Å². The molecule has 0 aliphatic carbocycles. The van der Waals surface area contributed by atoms with Crippen molar-refractivity contribution in [3.8, 4) is 0 Å². The van der Waals surface area contributed by atoms with E-state index in [1.165, 1.54) is 0 Å². The summed E-state index contributed by atoms with van der Waals surface area (Å²) in [6.45, 7) is 2.44. The molecule has 2 amide bonds. The van der Waals surface area contributed by atoms with E-state index in [4.69, 9.17) is 5.73 Å². The number of nitrogens with two attached hydrogens (primary N) is 1. The van der Waals surface area contributed by atoms with Gasteiger partial charge in [0.25, 0.3) is 0 Å². The van der Waals surface area contributed by atoms with Crippen LogP contribution in [0.3, 0.4) is 0 Å². The van der Waals surface area contributed by atoms with Crippen molar-refractivity contribution in [2.24, 2.45) is 0 Å². The third kappa shape index (κ3) is 6.10. The summed E-state index contributed by atoms with van der Waals surface area (Å²) in [5, 5.41) is 2.48. The lowest BCUT2D eigenvalue weighted by molar-refractivity contribution is 0.245. The van der Waals surface area contributed by atoms with E-state index in [0.717, 1.165) is 12.8 Å². The maximum Gasteiger partial charge on any atom is 0.328 e. The van der Waals surface area contributed by atoms with Crippen LogP contribution in [-0.4, -0.2) is 21.0 Å². The van der Waals surface area contributed by atoms with Crippen molar-refractivity contribution in [1.82, 2.24) is 10.0 Å². The van der Waals surface area contributed by atoms with Gasteiger partial charge in [-0.3, -0.25) is 0 Å². The Bertz CT molecular complexity index is 529. The van der Waals surface area contributed by atoms with Crippen LogP contribution < -0.4 is 15.8 Å². The van der Waals surface area contributed by atoms with Crippen LogP contribution in [0, 0.1) is 0 Å². The lowest BCUT2D eigenvalue weighted by Crippen LogP contribution is -2.40. The van der Waals surface area contributed by atoms with Crippen LogP contribution in [0.4, 0.5) is 10.5 Å². The molecule has 0 unspecified atom stereocenters. The van der Waals surface area contributed by atoms with Crippen LogP contribution in [0.15, 0.2) is 24.3 Å². The number of amides is 2. The highest BCUT2D eigenvalue weighted by Gasteiger charge is 2.15. The highest BCUT2D eigenvalue weighted by Crippen LogP contribution is 2.09. The third-order valence-electron chi connectivity index (χ3n) is 2.37. The van der Waals surface area contributed by atoms with Gasteiger partial charge in [-0.15, -0.1) is 0 Å². The number of nitrogens with one attached hydrogen (secondary N) is 2. The summed E-state index contributed by atoms with van der Waals surface area (Å²) in [4.78, 5) is 11.4. The molecule has 7 heteroatoms. The Labute approximate surface area is 113 Å². The van der Waals surface area contributed by atoms with Gasteiger partial charge in [-0.2, -0.15) is 0 Å². The van der Waals surface area contributed by atoms with E-state index < -0.39 is 16.1 Å². The minimum Gasteiger partial charge on any atom is -0.399 e. The predicted molar refractivity (Wildman–Crippen MR) is 74.9 cm³/mol. The van der Waals surface area contributed by atoms with E-state index >= 15 is 0 Å². The van der Waals surface area contributed by atoms with E-state index in [1.54, 1.807) is 24.3 Å². The number of unbranched alkanes of at least 4 members (excludes halogenated alkanes) is 1. The summed E-state index contributed by atoms with van der Waals surface area (Å²) in [5.41, 5.74) is 6.59. The number of sulfonamides is 1. The van der Waals surface area contributed by atoms with Crippen LogP contribution in [0.2, 0.25) is 0 Å². The number of benzene rings is 1. The quantitative estimate of drug-likeness (QED) is 0.540. The van der Waals surface area contributed by atoms with Crippen LogP contribution in [-0.2, 0) is 15.8 Å². The lowest BCUT2D eigenvalue weighted by atomic mass is 10.2. The first-order chi connectivity index (χ1) is 8.93. The smallest absolute Gasteiger partial charge is 0.328 e. The molecule has 0 radical (unpaired) electrons. The van der Waals surface area contributed by atoms with Gasteiger partial charge >= 0.3 is 6.03 Å². The zero-order chi connectivity index (χ0) is 14.3. The van der Waals surface area contributed by atoms with E-state index in [2.05, 4.69) is 5.32 Å². The molecule has 0 spiro atoms. The fraction of sp³-hybridized carbons (Fsp3) is 0.417. The minimum absolute atomic E-state index is 0.279. The number of hydrogen-bond acceptors (Lipinski definition) is 4. The largest absolute Gasteiger partial charge is 0.399 e. The Morgan fingerprint density at radius 1 is 1.37 bits per heavy atom. The zero-order valence-electron chi connectivity index (χ0n) is 10.8. The van der Waals surface area contributed by atoms with Crippen LogP contribution in [0.5, 0.6) is 0 Å². The van der Waals surface area contributed by atoms with E-state index in [-0.39, 0.29) is 5.75 Å². The van der Waals surface area contributed by atoms with Crippen molar-refractivity contribution in [2.45, 2.75) is 25.5 Å². The van der Waals surface area contributed by atoms with Crippen LogP contribution in [0.25, 0.3) is 0 Å². The molecule has 0 aromatic heterocycles. The Morgan fingerprint density at radius 3 is 2.74 bits per heavy atom. The SMILES string of the molecule is CCCCNC(=O)NS(=O)(=O)Cc1cccc(N)c1. The van der Waals surface area contributed by atoms with Crippen molar-refractivity contribution in [3.63, 3.8) is 0 Å². The molecule has 0 bridgehead atoms. The highest BCUT2D eigenvalue weighted by molar-refractivity contribution is 7.89. The molecule has 1 rings (SSSR count). The summed E-state index contributed by atoms with van der Waals surface area (Å²) in [6, 6.07) is 5.85. The molecular formula is C12H19N3O3S. The molecule has 0 heterocycles. The van der Waals surface area contributed by atoms with Gasteiger partial charge < -0.3 is 11.1 Å². The van der Waals surface area contributed by atoms with Gasteiger partial charge in [-0.05, 0) is 24.1 Å². The molecule has 106 valence electrons. The van der Waals surface area contributed by atoms with Gasteiger partial charge in [-0.1, -0.05) is 25.5 Å². The second-order valence-corrected chi connectivity index (χ2v) is 5.94. The first kappa shape index (κ1) is 15.3. The first-order valence-electron chi connectivity index (χ1n) is 6.05. The number of anilines is 1. The normalized spacial score (nSPS) is 11.0. The van der Waals surface area contributed by atoms with Gasteiger partial charge in [0, 0.05) is 12.2 Å². The maximum atomic E-state index is 11.7. The summed E-state index contributed by atoms with van der Waals surface area (Å²) in [7, 11) is -3.71. The van der Waals surface area contributed by atoms with Crippen molar-refractivity contribution in [2.75, 3.05) is 12.3 Å². The Morgan fingerprint density at radius 2 is 2.11 bits per heavy atom.